The molecule has 38 heavy (non-hydrogen) atoms. The molecule has 0 N–H and O–H groups in total. The molecule has 0 aliphatic rings. The molecule has 5 rings (SSSR count). The van der Waals surface area contributed by atoms with Gasteiger partial charge < -0.3 is 9.15 Å². The molecule has 4 aromatic carbocycles. The summed E-state index contributed by atoms with van der Waals surface area (Å²) in [6.07, 6.45) is 1.73. The number of halogens is 3. The number of furan rings is 1. The quantitative estimate of drug-likeness (QED) is 0.122. The Morgan fingerprint density at radius 1 is 0.868 bits per heavy atom. The highest BCUT2D eigenvalue weighted by Crippen LogP contribution is 2.42. The number of rotatable bonds is 7. The standard InChI is InChI=1S/C31H19BrI2N2O2/c32-24-13-11-20(12-14-24)19-37-30-26(33)15-21(16-27(30)34)18-36-31-25(17-35)28(22-7-3-1-4-8-22)29(38-31)23-9-5-2-6-10-23/h1-16,18H,19H2. The fourth-order valence-electron chi connectivity index (χ4n) is 3.95. The number of ether oxygens (including phenoxy) is 1. The van der Waals surface area contributed by atoms with E-state index in [0.717, 1.165) is 45.2 Å². The Labute approximate surface area is 256 Å². The van der Waals surface area contributed by atoms with E-state index in [1.165, 1.54) is 0 Å². The van der Waals surface area contributed by atoms with Crippen molar-refractivity contribution in [1.29, 1.82) is 5.26 Å². The van der Waals surface area contributed by atoms with Gasteiger partial charge in [-0.2, -0.15) is 5.26 Å². The van der Waals surface area contributed by atoms with Crippen LogP contribution >= 0.6 is 61.1 Å². The zero-order valence-electron chi connectivity index (χ0n) is 19.9. The summed E-state index contributed by atoms with van der Waals surface area (Å²) < 4.78 is 15.3. The van der Waals surface area contributed by atoms with Gasteiger partial charge in [-0.3, -0.25) is 0 Å². The highest BCUT2D eigenvalue weighted by molar-refractivity contribution is 14.1. The molecule has 0 atom stereocenters. The summed E-state index contributed by atoms with van der Waals surface area (Å²) in [5.74, 6) is 1.74. The molecule has 4 nitrogen and oxygen atoms in total. The second-order valence-electron chi connectivity index (χ2n) is 8.32. The summed E-state index contributed by atoms with van der Waals surface area (Å²) >= 11 is 8.02. The van der Waals surface area contributed by atoms with Crippen LogP contribution in [0.2, 0.25) is 0 Å². The maximum atomic E-state index is 10.1. The topological polar surface area (TPSA) is 58.5 Å². The lowest BCUT2D eigenvalue weighted by Crippen LogP contribution is -2.00. The van der Waals surface area contributed by atoms with Gasteiger partial charge in [-0.05, 0) is 86.1 Å². The van der Waals surface area contributed by atoms with Crippen molar-refractivity contribution in [2.24, 2.45) is 4.99 Å². The third kappa shape index (κ3) is 6.03. The van der Waals surface area contributed by atoms with Crippen molar-refractivity contribution in [1.82, 2.24) is 0 Å². The minimum atomic E-state index is 0.283. The van der Waals surface area contributed by atoms with Crippen LogP contribution in [-0.2, 0) is 6.61 Å². The van der Waals surface area contributed by atoms with Crippen LogP contribution in [0.25, 0.3) is 22.5 Å². The van der Waals surface area contributed by atoms with Crippen LogP contribution in [0.15, 0.2) is 111 Å². The van der Waals surface area contributed by atoms with Gasteiger partial charge in [-0.15, -0.1) is 0 Å². The highest BCUT2D eigenvalue weighted by atomic mass is 127. The molecular weight excluding hydrogens is 766 g/mol. The molecule has 1 aromatic heterocycles. The van der Waals surface area contributed by atoms with Gasteiger partial charge in [-0.25, -0.2) is 4.99 Å². The van der Waals surface area contributed by atoms with Crippen LogP contribution in [0, 0.1) is 18.5 Å². The molecule has 186 valence electrons. The molecule has 0 radical (unpaired) electrons. The minimum Gasteiger partial charge on any atom is -0.487 e. The van der Waals surface area contributed by atoms with Gasteiger partial charge in [0.25, 0.3) is 0 Å². The molecule has 5 aromatic rings. The number of nitrogens with zero attached hydrogens (tertiary/aromatic N) is 2. The molecule has 7 heteroatoms. The first-order valence-corrected chi connectivity index (χ1v) is 14.6. The van der Waals surface area contributed by atoms with Crippen LogP contribution in [0.5, 0.6) is 5.75 Å². The van der Waals surface area contributed by atoms with Crippen molar-refractivity contribution < 1.29 is 9.15 Å². The summed E-state index contributed by atoms with van der Waals surface area (Å²) in [5.41, 5.74) is 4.93. The predicted molar refractivity (Wildman–Crippen MR) is 172 cm³/mol. The van der Waals surface area contributed by atoms with Crippen LogP contribution in [-0.4, -0.2) is 6.21 Å². The van der Waals surface area contributed by atoms with E-state index in [0.29, 0.717) is 17.9 Å². The highest BCUT2D eigenvalue weighted by Gasteiger charge is 2.22. The molecule has 0 saturated heterocycles. The van der Waals surface area contributed by atoms with Gasteiger partial charge in [0.1, 0.15) is 29.7 Å². The normalized spacial score (nSPS) is 11.0. The van der Waals surface area contributed by atoms with E-state index in [-0.39, 0.29) is 5.88 Å². The molecule has 0 amide bonds. The van der Waals surface area contributed by atoms with Crippen LogP contribution in [0.3, 0.4) is 0 Å². The zero-order valence-corrected chi connectivity index (χ0v) is 25.8. The minimum absolute atomic E-state index is 0.283. The third-order valence-electron chi connectivity index (χ3n) is 5.75. The Morgan fingerprint density at radius 3 is 2.08 bits per heavy atom. The van der Waals surface area contributed by atoms with Gasteiger partial charge in [0.15, 0.2) is 0 Å². The Hall–Kier alpha value is -2.94. The second kappa shape index (κ2) is 12.3. The fourth-order valence-corrected chi connectivity index (χ4v) is 6.34. The average molecular weight is 785 g/mol. The monoisotopic (exact) mass is 784 g/mol. The second-order valence-corrected chi connectivity index (χ2v) is 11.6. The third-order valence-corrected chi connectivity index (χ3v) is 7.88. The Kier molecular flexibility index (Phi) is 8.61. The van der Waals surface area contributed by atoms with E-state index < -0.39 is 0 Å². The lowest BCUT2D eigenvalue weighted by molar-refractivity contribution is 0.301. The van der Waals surface area contributed by atoms with Crippen molar-refractivity contribution in [2.45, 2.75) is 6.61 Å². The summed E-state index contributed by atoms with van der Waals surface area (Å²) in [6.45, 7) is 0.481. The van der Waals surface area contributed by atoms with Gasteiger partial charge >= 0.3 is 0 Å². The number of nitriles is 1. The summed E-state index contributed by atoms with van der Waals surface area (Å²) in [6, 6.07) is 34.0. The number of hydrogen-bond donors (Lipinski definition) is 0. The van der Waals surface area contributed by atoms with Gasteiger partial charge in [0, 0.05) is 21.8 Å². The molecular formula is C31H19BrI2N2O2. The van der Waals surface area contributed by atoms with Crippen molar-refractivity contribution in [3.63, 3.8) is 0 Å². The van der Waals surface area contributed by atoms with Gasteiger partial charge in [-0.1, -0.05) is 88.7 Å². The first-order chi connectivity index (χ1) is 18.5. The predicted octanol–water partition coefficient (Wildman–Crippen LogP) is 9.79. The molecule has 0 fully saturated rings. The number of aliphatic imine (C=N–C) groups is 1. The zero-order chi connectivity index (χ0) is 26.5. The lowest BCUT2D eigenvalue weighted by atomic mass is 9.98. The molecule has 0 aliphatic carbocycles. The lowest BCUT2D eigenvalue weighted by Gasteiger charge is -2.11. The Morgan fingerprint density at radius 2 is 1.47 bits per heavy atom. The molecule has 0 aliphatic heterocycles. The largest absolute Gasteiger partial charge is 0.487 e. The van der Waals surface area contributed by atoms with Crippen LogP contribution in [0.4, 0.5) is 5.88 Å². The fraction of sp³-hybridized carbons (Fsp3) is 0.0323. The maximum Gasteiger partial charge on any atom is 0.238 e. The van der Waals surface area contributed by atoms with Crippen molar-refractivity contribution in [3.05, 3.63) is 125 Å². The summed E-state index contributed by atoms with van der Waals surface area (Å²) in [7, 11) is 0. The van der Waals surface area contributed by atoms with Crippen molar-refractivity contribution in [2.75, 3.05) is 0 Å². The van der Waals surface area contributed by atoms with Crippen molar-refractivity contribution in [3.8, 4) is 34.3 Å². The van der Waals surface area contributed by atoms with E-state index in [4.69, 9.17) is 9.15 Å². The average Bonchev–Trinajstić information content (AvgIpc) is 3.32. The first-order valence-electron chi connectivity index (χ1n) is 11.6. The maximum absolute atomic E-state index is 10.1. The molecule has 0 saturated carbocycles. The van der Waals surface area contributed by atoms with Crippen molar-refractivity contribution >= 4 is 73.2 Å². The van der Waals surface area contributed by atoms with Gasteiger partial charge in [0.2, 0.25) is 5.88 Å². The Bertz CT molecular complexity index is 1620. The van der Waals surface area contributed by atoms with Crippen LogP contribution < -0.4 is 4.74 Å². The summed E-state index contributed by atoms with van der Waals surface area (Å²) in [4.78, 5) is 4.63. The van der Waals surface area contributed by atoms with E-state index in [1.807, 2.05) is 97.1 Å². The van der Waals surface area contributed by atoms with E-state index in [9.17, 15) is 5.26 Å². The smallest absolute Gasteiger partial charge is 0.238 e. The van der Waals surface area contributed by atoms with E-state index in [2.05, 4.69) is 72.2 Å². The molecule has 0 spiro atoms. The van der Waals surface area contributed by atoms with E-state index in [1.54, 1.807) is 6.21 Å². The number of benzene rings is 4. The van der Waals surface area contributed by atoms with Crippen LogP contribution in [0.1, 0.15) is 16.7 Å². The summed E-state index contributed by atoms with van der Waals surface area (Å²) in [5, 5.41) is 10.1. The molecule has 0 bridgehead atoms. The first kappa shape index (κ1) is 26.7. The molecule has 0 unspecified atom stereocenters. The van der Waals surface area contributed by atoms with Gasteiger partial charge in [0.05, 0.1) is 7.14 Å². The SMILES string of the molecule is N#Cc1c(N=Cc2cc(I)c(OCc3ccc(Br)cc3)c(I)c2)oc(-c2ccccc2)c1-c1ccccc1. The number of hydrogen-bond acceptors (Lipinski definition) is 4. The molecule has 1 heterocycles. The Balaban J connectivity index is 1.47. The van der Waals surface area contributed by atoms with E-state index >= 15 is 0 Å².